The smallest absolute Gasteiger partial charge is 0.341 e. The van der Waals surface area contributed by atoms with Crippen molar-refractivity contribution in [1.82, 2.24) is 5.32 Å². The summed E-state index contributed by atoms with van der Waals surface area (Å²) < 4.78 is 10.5. The molecule has 0 radical (unpaired) electrons. The maximum Gasteiger partial charge on any atom is 0.341 e. The Morgan fingerprint density at radius 2 is 2.26 bits per heavy atom. The molecule has 27 heavy (non-hydrogen) atoms. The Bertz CT molecular complexity index is 797. The van der Waals surface area contributed by atoms with E-state index in [4.69, 9.17) is 9.15 Å². The van der Waals surface area contributed by atoms with Crippen LogP contribution in [0, 0.1) is 5.92 Å². The fourth-order valence-corrected chi connectivity index (χ4v) is 4.64. The van der Waals surface area contributed by atoms with Crippen LogP contribution >= 0.6 is 11.3 Å². The number of nitrogens with one attached hydrogen (secondary N) is 2. The average Bonchev–Trinajstić information content (AvgIpc) is 3.26. The second-order valence-electron chi connectivity index (χ2n) is 6.95. The molecule has 1 amide bonds. The number of furan rings is 1. The molecule has 0 saturated heterocycles. The summed E-state index contributed by atoms with van der Waals surface area (Å²) in [7, 11) is 0. The first-order chi connectivity index (χ1) is 13.0. The number of rotatable bonds is 7. The SMILES string of the molecule is CCOC(=O)c1c(NC(=O)[C@@H](C)NCc2ccco2)sc2c1CC[C@@H](C)C2. The van der Waals surface area contributed by atoms with Crippen molar-refractivity contribution in [3.63, 3.8) is 0 Å². The third-order valence-corrected chi connectivity index (χ3v) is 5.95. The Labute approximate surface area is 163 Å². The van der Waals surface area contributed by atoms with Gasteiger partial charge in [-0.3, -0.25) is 10.1 Å². The number of ether oxygens (including phenoxy) is 1. The maximum absolute atomic E-state index is 12.6. The van der Waals surface area contributed by atoms with Gasteiger partial charge in [0.15, 0.2) is 0 Å². The van der Waals surface area contributed by atoms with Gasteiger partial charge in [-0.2, -0.15) is 0 Å². The lowest BCUT2D eigenvalue weighted by molar-refractivity contribution is -0.117. The molecule has 0 aliphatic heterocycles. The summed E-state index contributed by atoms with van der Waals surface area (Å²) >= 11 is 1.50. The van der Waals surface area contributed by atoms with Crippen molar-refractivity contribution in [3.8, 4) is 0 Å². The fourth-order valence-electron chi connectivity index (χ4n) is 3.24. The summed E-state index contributed by atoms with van der Waals surface area (Å²) in [6.45, 7) is 6.57. The van der Waals surface area contributed by atoms with Crippen LogP contribution in [0.5, 0.6) is 0 Å². The third-order valence-electron chi connectivity index (χ3n) is 4.78. The Balaban J connectivity index is 1.74. The van der Waals surface area contributed by atoms with E-state index in [1.165, 1.54) is 16.2 Å². The summed E-state index contributed by atoms with van der Waals surface area (Å²) in [6.07, 6.45) is 4.44. The number of thiophene rings is 1. The van der Waals surface area contributed by atoms with Gasteiger partial charge in [0.25, 0.3) is 0 Å². The van der Waals surface area contributed by atoms with Crippen LogP contribution in [0.1, 0.15) is 53.8 Å². The number of amides is 1. The van der Waals surface area contributed by atoms with Crippen LogP contribution in [-0.2, 0) is 28.9 Å². The quantitative estimate of drug-likeness (QED) is 0.704. The molecule has 0 fully saturated rings. The lowest BCUT2D eigenvalue weighted by atomic mass is 9.88. The number of hydrogen-bond donors (Lipinski definition) is 2. The van der Waals surface area contributed by atoms with Crippen LogP contribution in [0.2, 0.25) is 0 Å². The zero-order valence-corrected chi connectivity index (χ0v) is 16.8. The minimum absolute atomic E-state index is 0.182. The van der Waals surface area contributed by atoms with E-state index in [-0.39, 0.29) is 11.9 Å². The van der Waals surface area contributed by atoms with Gasteiger partial charge in [-0.1, -0.05) is 6.92 Å². The molecule has 0 unspecified atom stereocenters. The molecule has 2 aromatic rings. The van der Waals surface area contributed by atoms with Gasteiger partial charge < -0.3 is 14.5 Å². The van der Waals surface area contributed by atoms with Gasteiger partial charge in [-0.15, -0.1) is 11.3 Å². The van der Waals surface area contributed by atoms with Crippen LogP contribution in [0.25, 0.3) is 0 Å². The molecular weight excluding hydrogens is 364 g/mol. The van der Waals surface area contributed by atoms with Gasteiger partial charge >= 0.3 is 5.97 Å². The predicted octanol–water partition coefficient (Wildman–Crippen LogP) is 3.76. The van der Waals surface area contributed by atoms with E-state index >= 15 is 0 Å². The second kappa shape index (κ2) is 8.71. The Morgan fingerprint density at radius 1 is 1.44 bits per heavy atom. The Morgan fingerprint density at radius 3 is 2.96 bits per heavy atom. The minimum atomic E-state index is -0.428. The number of carbonyl (C=O) groups excluding carboxylic acids is 2. The molecule has 1 aliphatic rings. The van der Waals surface area contributed by atoms with Crippen LogP contribution < -0.4 is 10.6 Å². The highest BCUT2D eigenvalue weighted by molar-refractivity contribution is 7.17. The van der Waals surface area contributed by atoms with E-state index in [9.17, 15) is 9.59 Å². The summed E-state index contributed by atoms with van der Waals surface area (Å²) in [5.41, 5.74) is 1.58. The zero-order chi connectivity index (χ0) is 19.4. The molecule has 0 bridgehead atoms. The van der Waals surface area contributed by atoms with Crippen molar-refractivity contribution in [3.05, 3.63) is 40.2 Å². The zero-order valence-electron chi connectivity index (χ0n) is 16.0. The summed E-state index contributed by atoms with van der Waals surface area (Å²) in [5.74, 6) is 0.820. The van der Waals surface area contributed by atoms with Crippen molar-refractivity contribution >= 4 is 28.2 Å². The number of carbonyl (C=O) groups is 2. The first-order valence-corrected chi connectivity index (χ1v) is 10.2. The number of esters is 1. The minimum Gasteiger partial charge on any atom is -0.468 e. The summed E-state index contributed by atoms with van der Waals surface area (Å²) in [6, 6.07) is 3.23. The molecule has 3 rings (SSSR count). The highest BCUT2D eigenvalue weighted by Gasteiger charge is 2.29. The van der Waals surface area contributed by atoms with Crippen LogP contribution in [0.15, 0.2) is 22.8 Å². The van der Waals surface area contributed by atoms with Gasteiger partial charge in [-0.05, 0) is 56.7 Å². The molecule has 146 valence electrons. The highest BCUT2D eigenvalue weighted by atomic mass is 32.1. The molecule has 0 saturated carbocycles. The lowest BCUT2D eigenvalue weighted by Crippen LogP contribution is -2.37. The molecule has 0 spiro atoms. The van der Waals surface area contributed by atoms with Crippen molar-refractivity contribution in [1.29, 1.82) is 0 Å². The van der Waals surface area contributed by atoms with Crippen LogP contribution in [0.3, 0.4) is 0 Å². The number of anilines is 1. The average molecular weight is 391 g/mol. The Kier molecular flexibility index (Phi) is 6.34. The van der Waals surface area contributed by atoms with Gasteiger partial charge in [0.2, 0.25) is 5.91 Å². The van der Waals surface area contributed by atoms with Gasteiger partial charge in [0.05, 0.1) is 31.0 Å². The van der Waals surface area contributed by atoms with Crippen molar-refractivity contribution in [2.24, 2.45) is 5.92 Å². The molecule has 6 nitrogen and oxygen atoms in total. The van der Waals surface area contributed by atoms with E-state index in [0.29, 0.717) is 29.6 Å². The molecule has 2 heterocycles. The molecule has 2 aromatic heterocycles. The molecule has 1 aliphatic carbocycles. The van der Waals surface area contributed by atoms with Gasteiger partial charge in [0.1, 0.15) is 10.8 Å². The maximum atomic E-state index is 12.6. The number of hydrogen-bond acceptors (Lipinski definition) is 6. The summed E-state index contributed by atoms with van der Waals surface area (Å²) in [4.78, 5) is 26.3. The van der Waals surface area contributed by atoms with Gasteiger partial charge in [0, 0.05) is 4.88 Å². The summed E-state index contributed by atoms with van der Waals surface area (Å²) in [5, 5.41) is 6.67. The molecular formula is C20H26N2O4S. The van der Waals surface area contributed by atoms with Crippen molar-refractivity contribution in [2.75, 3.05) is 11.9 Å². The Hall–Kier alpha value is -2.12. The lowest BCUT2D eigenvalue weighted by Gasteiger charge is -2.18. The highest BCUT2D eigenvalue weighted by Crippen LogP contribution is 2.40. The van der Waals surface area contributed by atoms with Crippen molar-refractivity contribution < 1.29 is 18.7 Å². The van der Waals surface area contributed by atoms with Crippen LogP contribution in [-0.4, -0.2) is 24.5 Å². The molecule has 0 aromatic carbocycles. The largest absolute Gasteiger partial charge is 0.468 e. The fraction of sp³-hybridized carbons (Fsp3) is 0.500. The molecule has 7 heteroatoms. The first-order valence-electron chi connectivity index (χ1n) is 9.37. The molecule has 2 N–H and O–H groups in total. The van der Waals surface area contributed by atoms with E-state index in [0.717, 1.165) is 30.6 Å². The van der Waals surface area contributed by atoms with E-state index < -0.39 is 6.04 Å². The third kappa shape index (κ3) is 4.59. The van der Waals surface area contributed by atoms with Gasteiger partial charge in [-0.25, -0.2) is 4.79 Å². The van der Waals surface area contributed by atoms with Crippen molar-refractivity contribution in [2.45, 2.75) is 52.6 Å². The van der Waals surface area contributed by atoms with Crippen LogP contribution in [0.4, 0.5) is 5.00 Å². The van der Waals surface area contributed by atoms with E-state index in [2.05, 4.69) is 17.6 Å². The van der Waals surface area contributed by atoms with E-state index in [1.807, 2.05) is 12.1 Å². The molecule has 2 atom stereocenters. The second-order valence-corrected chi connectivity index (χ2v) is 8.05. The standard InChI is InChI=1S/C20H26N2O4S/c1-4-25-20(24)17-15-8-7-12(2)10-16(15)27-19(17)22-18(23)13(3)21-11-14-6-5-9-26-14/h5-6,9,12-13,21H,4,7-8,10-11H2,1-3H3,(H,22,23)/t12-,13-/m1/s1. The predicted molar refractivity (Wildman–Crippen MR) is 105 cm³/mol. The number of fused-ring (bicyclic) bond motifs is 1. The first kappa shape index (κ1) is 19.6. The normalized spacial score (nSPS) is 17.2. The topological polar surface area (TPSA) is 80.6 Å². The monoisotopic (exact) mass is 390 g/mol. The van der Waals surface area contributed by atoms with E-state index in [1.54, 1.807) is 20.1 Å².